The summed E-state index contributed by atoms with van der Waals surface area (Å²) in [6.45, 7) is -0.304. The van der Waals surface area contributed by atoms with Gasteiger partial charge in [0, 0.05) is 39.5 Å². The van der Waals surface area contributed by atoms with Crippen LogP contribution >= 0.6 is 31.9 Å². The number of rotatable bonds is 13. The number of aliphatic hydroxyl groups excluding tert-OH is 3. The second-order valence-electron chi connectivity index (χ2n) is 9.27. The Bertz CT molecular complexity index is 1300. The summed E-state index contributed by atoms with van der Waals surface area (Å²) in [7, 11) is 0. The quantitative estimate of drug-likeness (QED) is 0.138. The summed E-state index contributed by atoms with van der Waals surface area (Å²) in [5.74, 6) is 0.443. The SMILES string of the molecule is O=C(NNC(CO)CO)[C@@]1(Cc2ccc(Br)cc2)N=C(c2ccc(OCCCO)cc2)O[C@H]1c1ccccc1Br. The zero-order chi connectivity index (χ0) is 28.5. The van der Waals surface area contributed by atoms with Gasteiger partial charge >= 0.3 is 0 Å². The van der Waals surface area contributed by atoms with E-state index in [0.29, 0.717) is 24.3 Å². The number of carbonyl (C=O) groups excluding carboxylic acids is 1. The van der Waals surface area contributed by atoms with Crippen LogP contribution < -0.4 is 15.6 Å². The zero-order valence-corrected chi connectivity index (χ0v) is 24.8. The number of amides is 1. The highest BCUT2D eigenvalue weighted by Crippen LogP contribution is 2.44. The Morgan fingerprint density at radius 3 is 2.35 bits per heavy atom. The topological polar surface area (TPSA) is 133 Å². The molecule has 5 N–H and O–H groups in total. The Morgan fingerprint density at radius 1 is 1.00 bits per heavy atom. The highest BCUT2D eigenvalue weighted by Gasteiger charge is 2.54. The predicted octanol–water partition coefficient (Wildman–Crippen LogP) is 3.45. The summed E-state index contributed by atoms with van der Waals surface area (Å²) in [6, 6.07) is 21.6. The summed E-state index contributed by atoms with van der Waals surface area (Å²) in [5, 5.41) is 28.0. The monoisotopic (exact) mass is 675 g/mol. The van der Waals surface area contributed by atoms with Crippen LogP contribution in [0.1, 0.15) is 29.2 Å². The molecule has 0 saturated carbocycles. The molecule has 4 rings (SSSR count). The lowest BCUT2D eigenvalue weighted by Crippen LogP contribution is -2.57. The standard InChI is InChI=1S/C29H31Br2N3O6/c30-21-10-6-19(7-11-21)16-29(28(38)34-33-22(17-36)18-37)26(24-4-1-2-5-25(24)31)40-27(32-29)20-8-12-23(13-9-20)39-15-3-14-35/h1-2,4-13,22,26,33,35-37H,3,14-18H2,(H,34,38)/t26-,29-/m0/s1. The van der Waals surface area contributed by atoms with Gasteiger partial charge in [0.25, 0.3) is 5.91 Å². The third kappa shape index (κ3) is 7.09. The van der Waals surface area contributed by atoms with Crippen molar-refractivity contribution in [2.24, 2.45) is 4.99 Å². The molecule has 3 aromatic rings. The minimum Gasteiger partial charge on any atom is -0.494 e. The van der Waals surface area contributed by atoms with Gasteiger partial charge in [0.1, 0.15) is 5.75 Å². The third-order valence-electron chi connectivity index (χ3n) is 6.44. The van der Waals surface area contributed by atoms with E-state index < -0.39 is 23.6 Å². The maximum atomic E-state index is 14.1. The van der Waals surface area contributed by atoms with Gasteiger partial charge in [0.15, 0.2) is 11.6 Å². The molecule has 0 bridgehead atoms. The summed E-state index contributed by atoms with van der Waals surface area (Å²) >= 11 is 7.08. The number of nitrogens with one attached hydrogen (secondary N) is 2. The van der Waals surface area contributed by atoms with Crippen LogP contribution in [0, 0.1) is 0 Å². The number of hydrazine groups is 1. The van der Waals surface area contributed by atoms with E-state index in [4.69, 9.17) is 19.6 Å². The number of aliphatic imine (C=N–C) groups is 1. The molecule has 1 heterocycles. The average molecular weight is 677 g/mol. The van der Waals surface area contributed by atoms with E-state index in [-0.39, 0.29) is 32.1 Å². The van der Waals surface area contributed by atoms with Crippen molar-refractivity contribution < 1.29 is 29.6 Å². The van der Waals surface area contributed by atoms with Gasteiger partial charge in [-0.15, -0.1) is 0 Å². The lowest BCUT2D eigenvalue weighted by atomic mass is 9.82. The minimum absolute atomic E-state index is 0.0495. The van der Waals surface area contributed by atoms with Gasteiger partial charge in [-0.3, -0.25) is 10.2 Å². The van der Waals surface area contributed by atoms with Crippen LogP contribution in [0.25, 0.3) is 0 Å². The van der Waals surface area contributed by atoms with Crippen molar-refractivity contribution >= 4 is 43.7 Å². The van der Waals surface area contributed by atoms with Crippen molar-refractivity contribution in [1.29, 1.82) is 0 Å². The number of halogens is 2. The third-order valence-corrected chi connectivity index (χ3v) is 7.69. The van der Waals surface area contributed by atoms with E-state index in [1.54, 1.807) is 12.1 Å². The Labute approximate surface area is 249 Å². The van der Waals surface area contributed by atoms with E-state index in [1.807, 2.05) is 60.7 Å². The van der Waals surface area contributed by atoms with Gasteiger partial charge < -0.3 is 24.8 Å². The van der Waals surface area contributed by atoms with Crippen LogP contribution in [-0.4, -0.2) is 65.1 Å². The van der Waals surface area contributed by atoms with Crippen LogP contribution in [0.3, 0.4) is 0 Å². The van der Waals surface area contributed by atoms with Crippen molar-refractivity contribution in [2.75, 3.05) is 26.4 Å². The molecular weight excluding hydrogens is 646 g/mol. The number of hydrogen-bond donors (Lipinski definition) is 5. The Balaban J connectivity index is 1.77. The molecule has 0 fully saturated rings. The lowest BCUT2D eigenvalue weighted by Gasteiger charge is -2.32. The Morgan fingerprint density at radius 2 is 1.70 bits per heavy atom. The summed E-state index contributed by atoms with van der Waals surface area (Å²) in [5.41, 5.74) is 6.18. The molecule has 40 heavy (non-hydrogen) atoms. The van der Waals surface area contributed by atoms with Crippen molar-refractivity contribution in [2.45, 2.75) is 30.5 Å². The summed E-state index contributed by atoms with van der Waals surface area (Å²) in [6.07, 6.45) is -0.0831. The normalized spacial score (nSPS) is 18.4. The van der Waals surface area contributed by atoms with Crippen LogP contribution in [0.4, 0.5) is 0 Å². The second kappa shape index (κ2) is 14.2. The summed E-state index contributed by atoms with van der Waals surface area (Å²) < 4.78 is 13.8. The molecule has 1 aliphatic heterocycles. The number of nitrogens with zero attached hydrogens (tertiary/aromatic N) is 1. The van der Waals surface area contributed by atoms with Gasteiger partial charge in [0.05, 0.1) is 25.9 Å². The summed E-state index contributed by atoms with van der Waals surface area (Å²) in [4.78, 5) is 19.0. The fraction of sp³-hybridized carbons (Fsp3) is 0.310. The first-order chi connectivity index (χ1) is 19.4. The smallest absolute Gasteiger partial charge is 0.266 e. The zero-order valence-electron chi connectivity index (χ0n) is 21.6. The van der Waals surface area contributed by atoms with Crippen LogP contribution in [0.5, 0.6) is 5.75 Å². The van der Waals surface area contributed by atoms with Crippen LogP contribution in [-0.2, 0) is 16.0 Å². The number of ether oxygens (including phenoxy) is 2. The van der Waals surface area contributed by atoms with Crippen molar-refractivity contribution in [1.82, 2.24) is 10.9 Å². The van der Waals surface area contributed by atoms with E-state index in [0.717, 1.165) is 20.1 Å². The van der Waals surface area contributed by atoms with Gasteiger partial charge in [0.2, 0.25) is 5.90 Å². The van der Waals surface area contributed by atoms with Gasteiger partial charge in [-0.2, -0.15) is 0 Å². The molecule has 1 aliphatic rings. The molecule has 3 aromatic carbocycles. The maximum Gasteiger partial charge on any atom is 0.266 e. The van der Waals surface area contributed by atoms with Crippen LogP contribution in [0.15, 0.2) is 86.7 Å². The maximum absolute atomic E-state index is 14.1. The highest BCUT2D eigenvalue weighted by molar-refractivity contribution is 9.10. The van der Waals surface area contributed by atoms with E-state index in [9.17, 15) is 15.0 Å². The molecule has 212 valence electrons. The fourth-order valence-electron chi connectivity index (χ4n) is 4.29. The number of carbonyl (C=O) groups is 1. The molecule has 0 aromatic heterocycles. The number of benzene rings is 3. The fourth-order valence-corrected chi connectivity index (χ4v) is 5.04. The van der Waals surface area contributed by atoms with Gasteiger partial charge in [-0.05, 0) is 48.0 Å². The molecule has 0 aliphatic carbocycles. The molecule has 0 unspecified atom stereocenters. The van der Waals surface area contributed by atoms with E-state index in [2.05, 4.69) is 42.7 Å². The molecule has 1 amide bonds. The molecule has 0 spiro atoms. The molecule has 2 atom stereocenters. The van der Waals surface area contributed by atoms with E-state index >= 15 is 0 Å². The van der Waals surface area contributed by atoms with Crippen molar-refractivity contribution in [3.63, 3.8) is 0 Å². The second-order valence-corrected chi connectivity index (χ2v) is 11.0. The van der Waals surface area contributed by atoms with Gasteiger partial charge in [-0.25, -0.2) is 10.4 Å². The number of hydrogen-bond acceptors (Lipinski definition) is 8. The van der Waals surface area contributed by atoms with Crippen molar-refractivity contribution in [3.8, 4) is 5.75 Å². The molecule has 11 heteroatoms. The van der Waals surface area contributed by atoms with Crippen LogP contribution in [0.2, 0.25) is 0 Å². The first-order valence-electron chi connectivity index (χ1n) is 12.8. The molecular formula is C29H31Br2N3O6. The minimum atomic E-state index is -1.45. The molecule has 0 radical (unpaired) electrons. The first-order valence-corrected chi connectivity index (χ1v) is 14.4. The van der Waals surface area contributed by atoms with Gasteiger partial charge in [-0.1, -0.05) is 62.2 Å². The number of aliphatic hydroxyl groups is 3. The van der Waals surface area contributed by atoms with E-state index in [1.165, 1.54) is 0 Å². The highest BCUT2D eigenvalue weighted by atomic mass is 79.9. The first kappa shape index (κ1) is 30.2. The molecule has 0 saturated heterocycles. The molecule has 9 nitrogen and oxygen atoms in total. The largest absolute Gasteiger partial charge is 0.494 e. The predicted molar refractivity (Wildman–Crippen MR) is 158 cm³/mol. The Kier molecular flexibility index (Phi) is 10.7. The Hall–Kier alpha value is -2.80. The van der Waals surface area contributed by atoms with Crippen molar-refractivity contribution in [3.05, 3.63) is 98.4 Å². The lowest BCUT2D eigenvalue weighted by molar-refractivity contribution is -0.130. The average Bonchev–Trinajstić information content (AvgIpc) is 3.35.